The number of nitrogens with two attached hydrogens (primary N) is 1. The van der Waals surface area contributed by atoms with Crippen LogP contribution < -0.4 is 10.6 Å². The number of nitrogen functional groups attached to an aromatic ring is 1. The molecule has 0 saturated carbocycles. The molecule has 0 radical (unpaired) electrons. The minimum atomic E-state index is -5.06. The van der Waals surface area contributed by atoms with Gasteiger partial charge in [0.05, 0.1) is 10.6 Å². The van der Waals surface area contributed by atoms with Gasteiger partial charge < -0.3 is 20.8 Å². The number of hydrogen-bond donors (Lipinski definition) is 6. The van der Waals surface area contributed by atoms with Gasteiger partial charge in [-0.25, -0.2) is 0 Å². The summed E-state index contributed by atoms with van der Waals surface area (Å²) in [5.41, 5.74) is 4.14. The van der Waals surface area contributed by atoms with E-state index in [1.54, 1.807) is 0 Å². The van der Waals surface area contributed by atoms with Gasteiger partial charge in [0.2, 0.25) is 11.9 Å². The van der Waals surface area contributed by atoms with Crippen molar-refractivity contribution in [2.24, 2.45) is 20.5 Å². The fraction of sp³-hybridized carbons (Fsp3) is 0.0741. The average molecular weight is 764 g/mol. The van der Waals surface area contributed by atoms with Crippen molar-refractivity contribution in [2.75, 3.05) is 17.7 Å². The molecule has 0 amide bonds. The predicted molar refractivity (Wildman–Crippen MR) is 175 cm³/mol. The Bertz CT molecular complexity index is 2640. The van der Waals surface area contributed by atoms with Crippen LogP contribution in [0.15, 0.2) is 89.7 Å². The highest BCUT2D eigenvalue weighted by Gasteiger charge is 2.24. The zero-order valence-corrected chi connectivity index (χ0v) is 28.1. The second kappa shape index (κ2) is 13.2. The van der Waals surface area contributed by atoms with Gasteiger partial charge in [0.15, 0.2) is 5.75 Å². The lowest BCUT2D eigenvalue weighted by Crippen LogP contribution is -2.15. The second-order valence-electron chi connectivity index (χ2n) is 10.4. The molecule has 0 saturated heterocycles. The van der Waals surface area contributed by atoms with Gasteiger partial charge in [-0.2, -0.15) is 49.7 Å². The third-order valence-corrected chi connectivity index (χ3v) is 9.55. The molecule has 4 aromatic carbocycles. The molecule has 0 aliphatic rings. The Kier molecular flexibility index (Phi) is 9.41. The van der Waals surface area contributed by atoms with Crippen LogP contribution in [0.1, 0.15) is 5.56 Å². The Hall–Kier alpha value is -5.79. The van der Waals surface area contributed by atoms with E-state index in [0.717, 1.165) is 12.1 Å². The number of phenolic OH excluding ortho intramolecular Hbond substituents is 2. The number of aromatic nitrogens is 3. The number of benzene rings is 4. The molecular weight excluding hydrogens is 742 g/mol. The van der Waals surface area contributed by atoms with E-state index in [1.807, 2.05) is 0 Å². The first-order valence-corrected chi connectivity index (χ1v) is 17.9. The molecular formula is C27H22FN9O11S3. The van der Waals surface area contributed by atoms with Gasteiger partial charge in [0, 0.05) is 24.2 Å². The maximum atomic E-state index is 13.7. The number of hydrogen-bond acceptors (Lipinski definition) is 17. The normalized spacial score (nSPS) is 12.7. The SMILES string of the molecule is Cc1cc(N=Nc2c(S(=O)(=O)O)cc3cc(N(C)c4nc(N)nc(F)n4)ccc3c2O)c(O)cc1N=Nc1cc(S(=O)(=O)O)ccc1S(=O)(=O)O. The third kappa shape index (κ3) is 7.84. The minimum Gasteiger partial charge on any atom is -0.506 e. The first kappa shape index (κ1) is 36.5. The number of azo groups is 2. The molecule has 0 aliphatic heterocycles. The summed E-state index contributed by atoms with van der Waals surface area (Å²) >= 11 is 0. The number of phenols is 2. The van der Waals surface area contributed by atoms with Crippen LogP contribution in [0.2, 0.25) is 0 Å². The molecule has 0 spiro atoms. The summed E-state index contributed by atoms with van der Waals surface area (Å²) in [6, 6.07) is 9.31. The monoisotopic (exact) mass is 763 g/mol. The smallest absolute Gasteiger partial charge is 0.315 e. The summed E-state index contributed by atoms with van der Waals surface area (Å²) in [6.07, 6.45) is -1.15. The van der Waals surface area contributed by atoms with E-state index in [9.17, 15) is 53.5 Å². The van der Waals surface area contributed by atoms with Gasteiger partial charge in [-0.15, -0.1) is 15.3 Å². The molecule has 5 aromatic rings. The quantitative estimate of drug-likeness (QED) is 0.0866. The van der Waals surface area contributed by atoms with Crippen LogP contribution in [0, 0.1) is 13.0 Å². The van der Waals surface area contributed by atoms with Crippen LogP contribution >= 0.6 is 0 Å². The molecule has 266 valence electrons. The molecule has 0 fully saturated rings. The molecule has 51 heavy (non-hydrogen) atoms. The zero-order chi connectivity index (χ0) is 37.6. The number of halogens is 1. The van der Waals surface area contributed by atoms with Gasteiger partial charge in [0.25, 0.3) is 30.4 Å². The largest absolute Gasteiger partial charge is 0.506 e. The number of aromatic hydroxyl groups is 2. The Morgan fingerprint density at radius 2 is 1.37 bits per heavy atom. The van der Waals surface area contributed by atoms with Crippen LogP contribution in [-0.2, 0) is 30.4 Å². The Balaban J connectivity index is 1.53. The van der Waals surface area contributed by atoms with Gasteiger partial charge in [-0.05, 0) is 66.4 Å². The highest BCUT2D eigenvalue weighted by atomic mass is 32.2. The maximum absolute atomic E-state index is 13.7. The number of anilines is 3. The fourth-order valence-electron chi connectivity index (χ4n) is 4.48. The summed E-state index contributed by atoms with van der Waals surface area (Å²) in [7, 11) is -13.3. The summed E-state index contributed by atoms with van der Waals surface area (Å²) in [6.45, 7) is 1.43. The average Bonchev–Trinajstić information content (AvgIpc) is 3.02. The standard InChI is InChI=1S/C27H22FN9O11S3/c1-12-7-18(20(38)11-17(12)33-35-19-10-15(49(40,41)42)4-6-21(19)50(43,44)45)34-36-23-22(51(46,47)48)9-13-8-14(3-5-16(13)24(23)39)37(2)27-31-25(28)30-26(29)32-27/h3-11,38-39H,1-2H3,(H,40,41,42)(H,43,44,45)(H,46,47,48)(H2,29,30,31,32). The van der Waals surface area contributed by atoms with Crippen molar-refractivity contribution < 1.29 is 53.5 Å². The lowest BCUT2D eigenvalue weighted by Gasteiger charge is -2.18. The molecule has 0 aliphatic carbocycles. The van der Waals surface area contributed by atoms with Crippen LogP contribution in [0.25, 0.3) is 10.8 Å². The molecule has 7 N–H and O–H groups in total. The predicted octanol–water partition coefficient (Wildman–Crippen LogP) is 4.80. The summed E-state index contributed by atoms with van der Waals surface area (Å²) in [5, 5.41) is 36.8. The molecule has 1 heterocycles. The molecule has 5 rings (SSSR count). The molecule has 1 aromatic heterocycles. The summed E-state index contributed by atoms with van der Waals surface area (Å²) in [4.78, 5) is 9.45. The summed E-state index contributed by atoms with van der Waals surface area (Å²) in [5.74, 6) is -1.97. The van der Waals surface area contributed by atoms with Crippen molar-refractivity contribution in [3.63, 3.8) is 0 Å². The van der Waals surface area contributed by atoms with Gasteiger partial charge in [-0.1, -0.05) is 0 Å². The van der Waals surface area contributed by atoms with Crippen LogP contribution in [0.3, 0.4) is 0 Å². The highest BCUT2D eigenvalue weighted by Crippen LogP contribution is 2.44. The van der Waals surface area contributed by atoms with Crippen molar-refractivity contribution in [3.05, 3.63) is 66.2 Å². The Morgan fingerprint density at radius 3 is 2.00 bits per heavy atom. The second-order valence-corrected chi connectivity index (χ2v) is 14.6. The molecule has 0 bridgehead atoms. The van der Waals surface area contributed by atoms with E-state index in [0.29, 0.717) is 18.2 Å². The van der Waals surface area contributed by atoms with Crippen molar-refractivity contribution in [3.8, 4) is 11.5 Å². The minimum absolute atomic E-state index is 0.0355. The van der Waals surface area contributed by atoms with E-state index in [2.05, 4.69) is 35.4 Å². The topological polar surface area (TPSA) is 321 Å². The van der Waals surface area contributed by atoms with E-state index >= 15 is 0 Å². The molecule has 24 heteroatoms. The Labute approximate surface area is 286 Å². The van der Waals surface area contributed by atoms with E-state index < -0.39 is 79.9 Å². The number of aryl methyl sites for hydroxylation is 1. The molecule has 0 atom stereocenters. The Morgan fingerprint density at radius 1 is 0.725 bits per heavy atom. The van der Waals surface area contributed by atoms with E-state index in [-0.39, 0.29) is 39.3 Å². The van der Waals surface area contributed by atoms with Crippen molar-refractivity contribution in [1.82, 2.24) is 15.0 Å². The lowest BCUT2D eigenvalue weighted by molar-refractivity contribution is 0.471. The number of rotatable bonds is 9. The zero-order valence-electron chi connectivity index (χ0n) is 25.6. The molecule has 20 nitrogen and oxygen atoms in total. The third-order valence-electron chi connectivity index (χ3n) is 6.94. The highest BCUT2D eigenvalue weighted by molar-refractivity contribution is 7.86. The van der Waals surface area contributed by atoms with E-state index in [4.69, 9.17) is 5.73 Å². The number of fused-ring (bicyclic) bond motifs is 1. The first-order chi connectivity index (χ1) is 23.6. The fourth-order valence-corrected chi connectivity index (χ4v) is 6.25. The van der Waals surface area contributed by atoms with Gasteiger partial charge in [-0.3, -0.25) is 13.7 Å². The van der Waals surface area contributed by atoms with Crippen molar-refractivity contribution in [2.45, 2.75) is 21.6 Å². The van der Waals surface area contributed by atoms with Crippen LogP contribution in [0.5, 0.6) is 11.5 Å². The van der Waals surface area contributed by atoms with Crippen LogP contribution in [-0.4, -0.2) is 71.1 Å². The lowest BCUT2D eigenvalue weighted by atomic mass is 10.1. The van der Waals surface area contributed by atoms with Gasteiger partial charge >= 0.3 is 6.08 Å². The van der Waals surface area contributed by atoms with Crippen molar-refractivity contribution >= 4 is 81.5 Å². The number of nitrogens with zero attached hydrogens (tertiary/aromatic N) is 8. The van der Waals surface area contributed by atoms with E-state index in [1.165, 1.54) is 43.1 Å². The van der Waals surface area contributed by atoms with Gasteiger partial charge in [0.1, 0.15) is 32.6 Å². The molecule has 0 unspecified atom stereocenters. The van der Waals surface area contributed by atoms with Crippen molar-refractivity contribution in [1.29, 1.82) is 0 Å². The van der Waals surface area contributed by atoms with Crippen LogP contribution in [0.4, 0.5) is 44.7 Å². The first-order valence-electron chi connectivity index (χ1n) is 13.6. The maximum Gasteiger partial charge on any atom is 0.315 e. The summed E-state index contributed by atoms with van der Waals surface area (Å²) < 4.78 is 114.